The minimum atomic E-state index is -0.139. The van der Waals surface area contributed by atoms with Crippen molar-refractivity contribution >= 4 is 16.9 Å². The number of ether oxygens (including phenoxy) is 1. The van der Waals surface area contributed by atoms with E-state index in [1.807, 2.05) is 57.2 Å². The second-order valence-corrected chi connectivity index (χ2v) is 7.17. The van der Waals surface area contributed by atoms with E-state index in [1.165, 1.54) is 0 Å². The van der Waals surface area contributed by atoms with Gasteiger partial charge in [-0.25, -0.2) is 4.98 Å². The number of rotatable bonds is 7. The Morgan fingerprint density at radius 2 is 1.97 bits per heavy atom. The maximum atomic E-state index is 12.6. The highest BCUT2D eigenvalue weighted by Gasteiger charge is 2.12. The quantitative estimate of drug-likeness (QED) is 0.504. The number of carbonyl (C=O) groups is 1. The van der Waals surface area contributed by atoms with Gasteiger partial charge < -0.3 is 19.1 Å². The molecule has 1 N–H and O–H groups in total. The Labute approximate surface area is 174 Å². The van der Waals surface area contributed by atoms with Gasteiger partial charge in [0.05, 0.1) is 22.3 Å². The summed E-state index contributed by atoms with van der Waals surface area (Å²) in [6.07, 6.45) is 0. The average molecular weight is 404 g/mol. The Hall–Kier alpha value is -3.61. The highest BCUT2D eigenvalue weighted by Crippen LogP contribution is 2.19. The predicted molar refractivity (Wildman–Crippen MR) is 114 cm³/mol. The van der Waals surface area contributed by atoms with Crippen molar-refractivity contribution in [3.05, 3.63) is 76.9 Å². The summed E-state index contributed by atoms with van der Waals surface area (Å²) in [7, 11) is 0. The van der Waals surface area contributed by atoms with E-state index in [2.05, 4.69) is 20.0 Å². The lowest BCUT2D eigenvalue weighted by atomic mass is 10.2. The van der Waals surface area contributed by atoms with Crippen molar-refractivity contribution in [1.29, 1.82) is 0 Å². The summed E-state index contributed by atoms with van der Waals surface area (Å²) in [5.74, 6) is 2.16. The number of carbonyl (C=O) groups excluding carboxylic acids is 1. The summed E-state index contributed by atoms with van der Waals surface area (Å²) >= 11 is 0. The molecule has 4 aromatic rings. The molecule has 0 bridgehead atoms. The van der Waals surface area contributed by atoms with Gasteiger partial charge in [-0.05, 0) is 51.1 Å². The lowest BCUT2D eigenvalue weighted by molar-refractivity contribution is 0.0951. The molecule has 7 heteroatoms. The smallest absolute Gasteiger partial charge is 0.251 e. The Balaban J connectivity index is 1.37. The van der Waals surface area contributed by atoms with Crippen LogP contribution >= 0.6 is 0 Å². The maximum Gasteiger partial charge on any atom is 0.251 e. The summed E-state index contributed by atoms with van der Waals surface area (Å²) in [6.45, 7) is 7.21. The summed E-state index contributed by atoms with van der Waals surface area (Å²) < 4.78 is 13.1. The van der Waals surface area contributed by atoms with Gasteiger partial charge in [-0.3, -0.25) is 4.79 Å². The molecular weight excluding hydrogens is 380 g/mol. The fraction of sp³-hybridized carbons (Fsp3) is 0.261. The largest absolute Gasteiger partial charge is 0.489 e. The maximum absolute atomic E-state index is 12.6. The normalized spacial score (nSPS) is 11.0. The first-order valence-corrected chi connectivity index (χ1v) is 9.87. The Bertz CT molecular complexity index is 1170. The number of aromatic nitrogens is 3. The lowest BCUT2D eigenvalue weighted by Gasteiger charge is -2.10. The third kappa shape index (κ3) is 4.05. The van der Waals surface area contributed by atoms with Crippen molar-refractivity contribution in [2.75, 3.05) is 6.54 Å². The van der Waals surface area contributed by atoms with E-state index < -0.39 is 0 Å². The number of nitrogens with one attached hydrogen (secondary N) is 1. The zero-order valence-electron chi connectivity index (χ0n) is 17.3. The molecule has 0 aliphatic carbocycles. The van der Waals surface area contributed by atoms with E-state index in [1.54, 1.807) is 12.1 Å². The first-order valence-electron chi connectivity index (χ1n) is 9.87. The number of para-hydroxylation sites is 2. The van der Waals surface area contributed by atoms with E-state index in [0.29, 0.717) is 31.0 Å². The van der Waals surface area contributed by atoms with Crippen molar-refractivity contribution in [1.82, 2.24) is 20.0 Å². The molecule has 7 nitrogen and oxygen atoms in total. The molecule has 2 aromatic heterocycles. The number of imidazole rings is 1. The second kappa shape index (κ2) is 8.41. The number of fused-ring (bicyclic) bond motifs is 1. The summed E-state index contributed by atoms with van der Waals surface area (Å²) in [4.78, 5) is 17.2. The van der Waals surface area contributed by atoms with E-state index in [4.69, 9.17) is 9.26 Å². The Kier molecular flexibility index (Phi) is 5.52. The van der Waals surface area contributed by atoms with Gasteiger partial charge in [-0.15, -0.1) is 0 Å². The van der Waals surface area contributed by atoms with Gasteiger partial charge in [0, 0.05) is 18.7 Å². The highest BCUT2D eigenvalue weighted by molar-refractivity contribution is 5.94. The predicted octanol–water partition coefficient (Wildman–Crippen LogP) is 3.96. The standard InChI is InChI=1S/C23H24N4O3/c1-15-20(16(2)30-26-15)14-29-19-8-6-7-18(13-19)23(28)24-11-12-27-17(3)25-21-9-4-5-10-22(21)27/h4-10,13H,11-12,14H2,1-3H3,(H,24,28). The minimum Gasteiger partial charge on any atom is -0.489 e. The average Bonchev–Trinajstić information content (AvgIpc) is 3.24. The first kappa shape index (κ1) is 19.7. The fourth-order valence-electron chi connectivity index (χ4n) is 3.45. The van der Waals surface area contributed by atoms with Crippen LogP contribution < -0.4 is 10.1 Å². The number of hydrogen-bond acceptors (Lipinski definition) is 5. The molecule has 2 aromatic carbocycles. The third-order valence-corrected chi connectivity index (χ3v) is 5.13. The van der Waals surface area contributed by atoms with Crippen LogP contribution in [0.3, 0.4) is 0 Å². The molecule has 4 rings (SSSR count). The van der Waals surface area contributed by atoms with Gasteiger partial charge in [-0.2, -0.15) is 0 Å². The molecule has 1 amide bonds. The lowest BCUT2D eigenvalue weighted by Crippen LogP contribution is -2.27. The van der Waals surface area contributed by atoms with Crippen LogP contribution in [-0.2, 0) is 13.2 Å². The van der Waals surface area contributed by atoms with Crippen LogP contribution in [0.1, 0.15) is 33.2 Å². The second-order valence-electron chi connectivity index (χ2n) is 7.17. The topological polar surface area (TPSA) is 82.2 Å². The first-order chi connectivity index (χ1) is 14.5. The number of aryl methyl sites for hydroxylation is 3. The monoisotopic (exact) mass is 404 g/mol. The molecule has 0 aliphatic heterocycles. The van der Waals surface area contributed by atoms with Crippen LogP contribution in [0.2, 0.25) is 0 Å². The Morgan fingerprint density at radius 3 is 2.77 bits per heavy atom. The summed E-state index contributed by atoms with van der Waals surface area (Å²) in [5, 5.41) is 6.90. The Morgan fingerprint density at radius 1 is 1.13 bits per heavy atom. The highest BCUT2D eigenvalue weighted by atomic mass is 16.5. The summed E-state index contributed by atoms with van der Waals surface area (Å²) in [5.41, 5.74) is 4.32. The third-order valence-electron chi connectivity index (χ3n) is 5.13. The molecule has 0 aliphatic rings. The number of nitrogens with zero attached hydrogens (tertiary/aromatic N) is 3. The van der Waals surface area contributed by atoms with Gasteiger partial charge in [0.15, 0.2) is 0 Å². The van der Waals surface area contributed by atoms with Gasteiger partial charge in [0.25, 0.3) is 5.91 Å². The van der Waals surface area contributed by atoms with Gasteiger partial charge in [-0.1, -0.05) is 23.4 Å². The molecule has 0 fully saturated rings. The van der Waals surface area contributed by atoms with E-state index in [9.17, 15) is 4.79 Å². The van der Waals surface area contributed by atoms with Crippen LogP contribution in [0.15, 0.2) is 53.1 Å². The van der Waals surface area contributed by atoms with Crippen molar-refractivity contribution in [3.63, 3.8) is 0 Å². The van der Waals surface area contributed by atoms with Crippen LogP contribution in [0.4, 0.5) is 0 Å². The molecule has 0 spiro atoms. The molecule has 2 heterocycles. The van der Waals surface area contributed by atoms with E-state index >= 15 is 0 Å². The molecule has 0 atom stereocenters. The molecule has 0 saturated heterocycles. The van der Waals surface area contributed by atoms with Crippen molar-refractivity contribution in [2.24, 2.45) is 0 Å². The molecule has 0 radical (unpaired) electrons. The van der Waals surface area contributed by atoms with Crippen LogP contribution in [0.25, 0.3) is 11.0 Å². The zero-order chi connectivity index (χ0) is 21.1. The van der Waals surface area contributed by atoms with Gasteiger partial charge in [0.2, 0.25) is 0 Å². The molecule has 154 valence electrons. The summed E-state index contributed by atoms with van der Waals surface area (Å²) in [6, 6.07) is 15.2. The molecule has 0 saturated carbocycles. The van der Waals surface area contributed by atoms with Crippen LogP contribution in [0.5, 0.6) is 5.75 Å². The zero-order valence-corrected chi connectivity index (χ0v) is 17.3. The van der Waals surface area contributed by atoms with Crippen molar-refractivity contribution in [2.45, 2.75) is 33.9 Å². The minimum absolute atomic E-state index is 0.139. The van der Waals surface area contributed by atoms with E-state index in [0.717, 1.165) is 33.9 Å². The molecular formula is C23H24N4O3. The van der Waals surface area contributed by atoms with Gasteiger partial charge in [0.1, 0.15) is 23.9 Å². The number of benzene rings is 2. The van der Waals surface area contributed by atoms with E-state index in [-0.39, 0.29) is 5.91 Å². The van der Waals surface area contributed by atoms with Crippen molar-refractivity contribution < 1.29 is 14.1 Å². The number of amides is 1. The van der Waals surface area contributed by atoms with Gasteiger partial charge >= 0.3 is 0 Å². The molecule has 30 heavy (non-hydrogen) atoms. The van der Waals surface area contributed by atoms with Crippen LogP contribution in [-0.4, -0.2) is 27.2 Å². The SMILES string of the molecule is Cc1noc(C)c1COc1cccc(C(=O)NCCn2c(C)nc3ccccc32)c1. The number of hydrogen-bond donors (Lipinski definition) is 1. The van der Waals surface area contributed by atoms with Crippen LogP contribution in [0, 0.1) is 20.8 Å². The fourth-order valence-corrected chi connectivity index (χ4v) is 3.45. The molecule has 0 unspecified atom stereocenters. The van der Waals surface area contributed by atoms with Crippen molar-refractivity contribution in [3.8, 4) is 5.75 Å².